The van der Waals surface area contributed by atoms with Gasteiger partial charge in [0, 0.05) is 25.4 Å². The smallest absolute Gasteiger partial charge is 0.329 e. The van der Waals surface area contributed by atoms with Crippen LogP contribution in [-0.4, -0.2) is 30.3 Å². The van der Waals surface area contributed by atoms with Gasteiger partial charge in [0.05, 0.1) is 6.10 Å². The highest BCUT2D eigenvalue weighted by atomic mass is 16.5. The molecule has 0 aliphatic carbocycles. The topological polar surface area (TPSA) is 58.6 Å². The molecule has 0 aromatic carbocycles. The third kappa shape index (κ3) is 4.52. The van der Waals surface area contributed by atoms with Crippen LogP contribution in [0.5, 0.6) is 0 Å². The first-order valence-electron chi connectivity index (χ1n) is 4.53. The van der Waals surface area contributed by atoms with Crippen molar-refractivity contribution in [3.63, 3.8) is 0 Å². The lowest BCUT2D eigenvalue weighted by Gasteiger charge is -2.22. The van der Waals surface area contributed by atoms with Gasteiger partial charge < -0.3 is 15.2 Å². The number of hydrogen-bond donors (Lipinski definition) is 2. The third-order valence-electron chi connectivity index (χ3n) is 1.96. The zero-order valence-electron chi connectivity index (χ0n) is 7.53. The molecule has 74 valence electrons. The van der Waals surface area contributed by atoms with Crippen molar-refractivity contribution in [3.8, 4) is 0 Å². The van der Waals surface area contributed by atoms with Gasteiger partial charge in [-0.05, 0) is 19.3 Å². The second kappa shape index (κ2) is 5.59. The zero-order chi connectivity index (χ0) is 9.52. The maximum Gasteiger partial charge on any atom is 0.329 e. The molecule has 1 unspecified atom stereocenters. The Morgan fingerprint density at radius 1 is 1.62 bits per heavy atom. The summed E-state index contributed by atoms with van der Waals surface area (Å²) >= 11 is 0. The van der Waals surface area contributed by atoms with Crippen LogP contribution in [0.4, 0.5) is 0 Å². The lowest BCUT2D eigenvalue weighted by Crippen LogP contribution is -2.29. The lowest BCUT2D eigenvalue weighted by molar-refractivity contribution is -0.131. The van der Waals surface area contributed by atoms with E-state index in [2.05, 4.69) is 5.32 Å². The molecule has 4 heteroatoms. The Morgan fingerprint density at radius 3 is 3.08 bits per heavy atom. The van der Waals surface area contributed by atoms with Crippen molar-refractivity contribution in [2.75, 3.05) is 13.2 Å². The number of carboxylic acids is 1. The van der Waals surface area contributed by atoms with E-state index < -0.39 is 5.97 Å². The molecular formula is C9H15NO3. The van der Waals surface area contributed by atoms with E-state index in [9.17, 15) is 4.79 Å². The van der Waals surface area contributed by atoms with Crippen molar-refractivity contribution in [3.05, 3.63) is 12.3 Å². The van der Waals surface area contributed by atoms with E-state index in [1.165, 1.54) is 12.6 Å². The minimum Gasteiger partial charge on any atom is -0.478 e. The molecule has 1 saturated heterocycles. The zero-order valence-corrected chi connectivity index (χ0v) is 7.53. The van der Waals surface area contributed by atoms with Gasteiger partial charge in [-0.1, -0.05) is 0 Å². The highest BCUT2D eigenvalue weighted by Crippen LogP contribution is 2.11. The van der Waals surface area contributed by atoms with E-state index in [1.54, 1.807) is 0 Å². The average Bonchev–Trinajstić information content (AvgIpc) is 2.14. The molecule has 0 saturated carbocycles. The Kier molecular flexibility index (Phi) is 4.32. The second-order valence-corrected chi connectivity index (χ2v) is 3.07. The van der Waals surface area contributed by atoms with Gasteiger partial charge in [0.1, 0.15) is 0 Å². The van der Waals surface area contributed by atoms with Gasteiger partial charge in [0.2, 0.25) is 0 Å². The molecule has 1 aliphatic rings. The summed E-state index contributed by atoms with van der Waals surface area (Å²) < 4.78 is 5.44. The van der Waals surface area contributed by atoms with Gasteiger partial charge >= 0.3 is 5.97 Å². The molecule has 0 radical (unpaired) electrons. The molecule has 0 spiro atoms. The summed E-state index contributed by atoms with van der Waals surface area (Å²) in [6.07, 6.45) is 6.18. The fourth-order valence-electron chi connectivity index (χ4n) is 1.30. The SMILES string of the molecule is O=C(O)/C=C/NCC1CCCCO1. The van der Waals surface area contributed by atoms with E-state index in [4.69, 9.17) is 9.84 Å². The quantitative estimate of drug-likeness (QED) is 0.634. The first kappa shape index (κ1) is 10.1. The first-order valence-corrected chi connectivity index (χ1v) is 4.53. The summed E-state index contributed by atoms with van der Waals surface area (Å²) in [5.74, 6) is -0.933. The largest absolute Gasteiger partial charge is 0.478 e. The number of hydrogen-bond acceptors (Lipinski definition) is 3. The summed E-state index contributed by atoms with van der Waals surface area (Å²) in [5, 5.41) is 11.2. The summed E-state index contributed by atoms with van der Waals surface area (Å²) in [6, 6.07) is 0. The normalized spacial score (nSPS) is 23.2. The van der Waals surface area contributed by atoms with E-state index in [0.717, 1.165) is 25.5 Å². The molecule has 1 atom stereocenters. The fourth-order valence-corrected chi connectivity index (χ4v) is 1.30. The van der Waals surface area contributed by atoms with E-state index >= 15 is 0 Å². The van der Waals surface area contributed by atoms with Gasteiger partial charge in [0.25, 0.3) is 0 Å². The Bertz CT molecular complexity index is 185. The Labute approximate surface area is 77.6 Å². The maximum absolute atomic E-state index is 10.1. The van der Waals surface area contributed by atoms with Crippen LogP contribution >= 0.6 is 0 Å². The van der Waals surface area contributed by atoms with E-state index in [1.807, 2.05) is 0 Å². The molecule has 1 rings (SSSR count). The molecule has 4 nitrogen and oxygen atoms in total. The lowest BCUT2D eigenvalue weighted by atomic mass is 10.1. The molecule has 0 amide bonds. The maximum atomic E-state index is 10.1. The van der Waals surface area contributed by atoms with Crippen molar-refractivity contribution >= 4 is 5.97 Å². The van der Waals surface area contributed by atoms with Crippen molar-refractivity contribution in [2.45, 2.75) is 25.4 Å². The molecule has 1 heterocycles. The first-order chi connectivity index (χ1) is 6.29. The molecule has 0 aromatic rings. The second-order valence-electron chi connectivity index (χ2n) is 3.07. The third-order valence-corrected chi connectivity index (χ3v) is 1.96. The van der Waals surface area contributed by atoms with Crippen LogP contribution in [0.1, 0.15) is 19.3 Å². The highest BCUT2D eigenvalue weighted by Gasteiger charge is 2.11. The van der Waals surface area contributed by atoms with Crippen LogP contribution in [0.15, 0.2) is 12.3 Å². The van der Waals surface area contributed by atoms with Gasteiger partial charge in [-0.2, -0.15) is 0 Å². The average molecular weight is 185 g/mol. The number of ether oxygens (including phenoxy) is 1. The minimum atomic E-state index is -0.933. The van der Waals surface area contributed by atoms with Crippen LogP contribution in [0.3, 0.4) is 0 Å². The molecule has 2 N–H and O–H groups in total. The fraction of sp³-hybridized carbons (Fsp3) is 0.667. The van der Waals surface area contributed by atoms with Gasteiger partial charge in [0.15, 0.2) is 0 Å². The number of carbonyl (C=O) groups is 1. The van der Waals surface area contributed by atoms with Crippen LogP contribution < -0.4 is 5.32 Å². The van der Waals surface area contributed by atoms with Crippen LogP contribution in [0.25, 0.3) is 0 Å². The van der Waals surface area contributed by atoms with Crippen LogP contribution in [-0.2, 0) is 9.53 Å². The predicted molar refractivity (Wildman–Crippen MR) is 48.4 cm³/mol. The van der Waals surface area contributed by atoms with Crippen molar-refractivity contribution in [1.29, 1.82) is 0 Å². The summed E-state index contributed by atoms with van der Waals surface area (Å²) in [5.41, 5.74) is 0. The molecule has 1 fully saturated rings. The molecule has 0 aromatic heterocycles. The summed E-state index contributed by atoms with van der Waals surface area (Å²) in [6.45, 7) is 1.53. The van der Waals surface area contributed by atoms with Gasteiger partial charge in [-0.15, -0.1) is 0 Å². The van der Waals surface area contributed by atoms with Crippen molar-refractivity contribution < 1.29 is 14.6 Å². The number of carboxylic acid groups (broad SMARTS) is 1. The van der Waals surface area contributed by atoms with Crippen molar-refractivity contribution in [2.24, 2.45) is 0 Å². The number of rotatable bonds is 4. The van der Waals surface area contributed by atoms with E-state index in [0.29, 0.717) is 6.54 Å². The number of aliphatic carboxylic acids is 1. The molecule has 1 aliphatic heterocycles. The highest BCUT2D eigenvalue weighted by molar-refractivity contribution is 5.79. The Balaban J connectivity index is 2.07. The summed E-state index contributed by atoms with van der Waals surface area (Å²) in [4.78, 5) is 10.1. The van der Waals surface area contributed by atoms with Gasteiger partial charge in [-0.3, -0.25) is 0 Å². The van der Waals surface area contributed by atoms with Crippen molar-refractivity contribution in [1.82, 2.24) is 5.32 Å². The minimum absolute atomic E-state index is 0.243. The van der Waals surface area contributed by atoms with E-state index in [-0.39, 0.29) is 6.10 Å². The molecule has 13 heavy (non-hydrogen) atoms. The molecule has 0 bridgehead atoms. The predicted octanol–water partition coefficient (Wildman–Crippen LogP) is 0.743. The monoisotopic (exact) mass is 185 g/mol. The standard InChI is InChI=1S/C9H15NO3/c11-9(12)4-5-10-7-8-3-1-2-6-13-8/h4-5,8,10H,1-3,6-7H2,(H,11,12)/b5-4+. The van der Waals surface area contributed by atoms with Gasteiger partial charge in [-0.25, -0.2) is 4.79 Å². The van der Waals surface area contributed by atoms with Crippen LogP contribution in [0.2, 0.25) is 0 Å². The Hall–Kier alpha value is -1.03. The summed E-state index contributed by atoms with van der Waals surface area (Å²) in [7, 11) is 0. The number of nitrogens with one attached hydrogen (secondary N) is 1. The Morgan fingerprint density at radius 2 is 2.46 bits per heavy atom. The molecular weight excluding hydrogens is 170 g/mol. The van der Waals surface area contributed by atoms with Crippen LogP contribution in [0, 0.1) is 0 Å².